The van der Waals surface area contributed by atoms with E-state index in [1.165, 1.54) is 0 Å². The quantitative estimate of drug-likeness (QED) is 0.829. The molecule has 0 aromatic heterocycles. The van der Waals surface area contributed by atoms with Crippen molar-refractivity contribution < 1.29 is 14.3 Å². The van der Waals surface area contributed by atoms with E-state index in [0.29, 0.717) is 25.4 Å². The molecular weight excluding hydrogens is 254 g/mol. The predicted octanol–water partition coefficient (Wildman–Crippen LogP) is 2.75. The van der Waals surface area contributed by atoms with Crippen molar-refractivity contribution in [1.29, 1.82) is 5.26 Å². The normalized spacial score (nSPS) is 25.1. The Morgan fingerprint density at radius 2 is 2.00 bits per heavy atom. The Bertz CT molecular complexity index is 576. The van der Waals surface area contributed by atoms with Gasteiger partial charge < -0.3 is 9.47 Å². The number of fused-ring (bicyclic) bond motifs is 1. The van der Waals surface area contributed by atoms with Crippen LogP contribution in [0.3, 0.4) is 0 Å². The van der Waals surface area contributed by atoms with Gasteiger partial charge in [-0.25, -0.2) is 0 Å². The van der Waals surface area contributed by atoms with Crippen LogP contribution in [0.5, 0.6) is 11.5 Å². The van der Waals surface area contributed by atoms with Crippen molar-refractivity contribution >= 4 is 5.78 Å². The molecule has 1 saturated carbocycles. The summed E-state index contributed by atoms with van der Waals surface area (Å²) in [6.45, 7) is 1.07. The maximum absolute atomic E-state index is 12.5. The summed E-state index contributed by atoms with van der Waals surface area (Å²) in [5.41, 5.74) is 0.246. The number of ether oxygens (including phenoxy) is 2. The Morgan fingerprint density at radius 1 is 1.20 bits per heavy atom. The minimum absolute atomic E-state index is 0.182. The number of benzene rings is 1. The summed E-state index contributed by atoms with van der Waals surface area (Å²) in [5, 5.41) is 9.14. The SMILES string of the molecule is N#CCC1(c2ccc3c(c2)OCCO3)CCCCC1=O. The summed E-state index contributed by atoms with van der Waals surface area (Å²) < 4.78 is 11.1. The fourth-order valence-corrected chi connectivity index (χ4v) is 3.16. The highest BCUT2D eigenvalue weighted by Crippen LogP contribution is 2.42. The van der Waals surface area contributed by atoms with Gasteiger partial charge in [0.15, 0.2) is 11.5 Å². The molecule has 0 N–H and O–H groups in total. The highest BCUT2D eigenvalue weighted by atomic mass is 16.6. The van der Waals surface area contributed by atoms with Gasteiger partial charge in [0.2, 0.25) is 0 Å². The lowest BCUT2D eigenvalue weighted by Gasteiger charge is -2.35. The van der Waals surface area contributed by atoms with E-state index in [4.69, 9.17) is 14.7 Å². The van der Waals surface area contributed by atoms with Crippen LogP contribution in [0, 0.1) is 11.3 Å². The molecule has 104 valence electrons. The van der Waals surface area contributed by atoms with Gasteiger partial charge in [0.1, 0.15) is 19.0 Å². The fraction of sp³-hybridized carbons (Fsp3) is 0.500. The van der Waals surface area contributed by atoms with Crippen LogP contribution in [0.15, 0.2) is 18.2 Å². The number of carbonyl (C=O) groups excluding carboxylic acids is 1. The van der Waals surface area contributed by atoms with E-state index in [1.54, 1.807) is 0 Å². The summed E-state index contributed by atoms with van der Waals surface area (Å²) in [6.07, 6.45) is 3.47. The Balaban J connectivity index is 2.03. The Hall–Kier alpha value is -2.02. The van der Waals surface area contributed by atoms with Crippen LogP contribution in [0.1, 0.15) is 37.7 Å². The molecule has 1 aromatic rings. The van der Waals surface area contributed by atoms with Gasteiger partial charge in [0.05, 0.1) is 17.9 Å². The maximum Gasteiger partial charge on any atom is 0.161 e. The zero-order chi connectivity index (χ0) is 14.0. The van der Waals surface area contributed by atoms with Crippen LogP contribution < -0.4 is 9.47 Å². The number of nitrogens with zero attached hydrogens (tertiary/aromatic N) is 1. The van der Waals surface area contributed by atoms with Gasteiger partial charge in [-0.3, -0.25) is 4.79 Å². The van der Waals surface area contributed by atoms with Crippen molar-refractivity contribution in [2.24, 2.45) is 0 Å². The molecule has 0 radical (unpaired) electrons. The third kappa shape index (κ3) is 2.03. The lowest BCUT2D eigenvalue weighted by molar-refractivity contribution is -0.126. The second kappa shape index (κ2) is 5.16. The molecule has 1 unspecified atom stereocenters. The molecule has 4 heteroatoms. The van der Waals surface area contributed by atoms with Crippen LogP contribution >= 0.6 is 0 Å². The van der Waals surface area contributed by atoms with E-state index >= 15 is 0 Å². The first-order valence-corrected chi connectivity index (χ1v) is 7.07. The lowest BCUT2D eigenvalue weighted by atomic mass is 9.67. The van der Waals surface area contributed by atoms with Crippen molar-refractivity contribution in [2.45, 2.75) is 37.5 Å². The standard InChI is InChI=1S/C16H17NO3/c17-8-7-16(6-2-1-3-15(16)18)12-4-5-13-14(11-12)20-10-9-19-13/h4-5,11H,1-3,6-7,9-10H2. The molecular formula is C16H17NO3. The average Bonchev–Trinajstić information content (AvgIpc) is 2.49. The van der Waals surface area contributed by atoms with Crippen LogP contribution in [0.4, 0.5) is 0 Å². The monoisotopic (exact) mass is 271 g/mol. The molecule has 1 atom stereocenters. The van der Waals surface area contributed by atoms with Crippen molar-refractivity contribution in [2.75, 3.05) is 13.2 Å². The third-order valence-corrected chi connectivity index (χ3v) is 4.27. The lowest BCUT2D eigenvalue weighted by Crippen LogP contribution is -2.38. The molecule has 1 aliphatic carbocycles. The third-order valence-electron chi connectivity index (χ3n) is 4.27. The summed E-state index contributed by atoms with van der Waals surface area (Å²) in [4.78, 5) is 12.5. The predicted molar refractivity (Wildman–Crippen MR) is 72.8 cm³/mol. The second-order valence-corrected chi connectivity index (χ2v) is 5.41. The fourth-order valence-electron chi connectivity index (χ4n) is 3.16. The van der Waals surface area contributed by atoms with E-state index in [1.807, 2.05) is 18.2 Å². The minimum atomic E-state index is -0.650. The number of hydrogen-bond acceptors (Lipinski definition) is 4. The maximum atomic E-state index is 12.5. The number of nitriles is 1. The van der Waals surface area contributed by atoms with Gasteiger partial charge >= 0.3 is 0 Å². The Kier molecular flexibility index (Phi) is 3.35. The summed E-state index contributed by atoms with van der Waals surface area (Å²) in [7, 11) is 0. The van der Waals surface area contributed by atoms with Crippen molar-refractivity contribution in [3.8, 4) is 17.6 Å². The highest BCUT2D eigenvalue weighted by molar-refractivity contribution is 5.91. The Labute approximate surface area is 118 Å². The second-order valence-electron chi connectivity index (χ2n) is 5.41. The van der Waals surface area contributed by atoms with Crippen molar-refractivity contribution in [1.82, 2.24) is 0 Å². The minimum Gasteiger partial charge on any atom is -0.486 e. The van der Waals surface area contributed by atoms with E-state index in [-0.39, 0.29) is 12.2 Å². The van der Waals surface area contributed by atoms with Gasteiger partial charge in [-0.05, 0) is 30.5 Å². The number of ketones is 1. The van der Waals surface area contributed by atoms with Crippen LogP contribution in [0.2, 0.25) is 0 Å². The molecule has 0 spiro atoms. The molecule has 20 heavy (non-hydrogen) atoms. The van der Waals surface area contributed by atoms with E-state index in [0.717, 1.165) is 30.6 Å². The van der Waals surface area contributed by atoms with E-state index in [2.05, 4.69) is 6.07 Å². The average molecular weight is 271 g/mol. The van der Waals surface area contributed by atoms with E-state index in [9.17, 15) is 4.79 Å². The molecule has 0 bridgehead atoms. The smallest absolute Gasteiger partial charge is 0.161 e. The van der Waals surface area contributed by atoms with Gasteiger partial charge in [-0.15, -0.1) is 0 Å². The first kappa shape index (κ1) is 13.0. The van der Waals surface area contributed by atoms with Crippen molar-refractivity contribution in [3.05, 3.63) is 23.8 Å². The Morgan fingerprint density at radius 3 is 2.75 bits per heavy atom. The zero-order valence-corrected chi connectivity index (χ0v) is 11.4. The molecule has 3 rings (SSSR count). The molecule has 1 heterocycles. The summed E-state index contributed by atoms with van der Waals surface area (Å²) in [6, 6.07) is 7.84. The molecule has 1 aromatic carbocycles. The van der Waals surface area contributed by atoms with Crippen LogP contribution in [-0.4, -0.2) is 19.0 Å². The molecule has 0 saturated heterocycles. The number of carbonyl (C=O) groups is 1. The molecule has 4 nitrogen and oxygen atoms in total. The van der Waals surface area contributed by atoms with Gasteiger partial charge in [0.25, 0.3) is 0 Å². The molecule has 1 aliphatic heterocycles. The van der Waals surface area contributed by atoms with Crippen molar-refractivity contribution in [3.63, 3.8) is 0 Å². The van der Waals surface area contributed by atoms with Gasteiger partial charge in [-0.1, -0.05) is 12.5 Å². The molecule has 2 aliphatic rings. The number of Topliss-reactive ketones (excluding diaryl/α,β-unsaturated/α-hetero) is 1. The van der Waals surface area contributed by atoms with Gasteiger partial charge in [-0.2, -0.15) is 5.26 Å². The number of rotatable bonds is 2. The zero-order valence-electron chi connectivity index (χ0n) is 11.4. The van der Waals surface area contributed by atoms with Gasteiger partial charge in [0, 0.05) is 6.42 Å². The first-order chi connectivity index (χ1) is 9.76. The molecule has 0 amide bonds. The van der Waals surface area contributed by atoms with E-state index < -0.39 is 5.41 Å². The first-order valence-electron chi connectivity index (χ1n) is 7.07. The largest absolute Gasteiger partial charge is 0.486 e. The highest BCUT2D eigenvalue weighted by Gasteiger charge is 2.41. The summed E-state index contributed by atoms with van der Waals surface area (Å²) in [5.74, 6) is 1.58. The van der Waals surface area contributed by atoms with Crippen LogP contribution in [0.25, 0.3) is 0 Å². The molecule has 1 fully saturated rings. The summed E-state index contributed by atoms with van der Waals surface area (Å²) >= 11 is 0. The topological polar surface area (TPSA) is 59.3 Å². The number of hydrogen-bond donors (Lipinski definition) is 0. The van der Waals surface area contributed by atoms with Crippen LogP contribution in [-0.2, 0) is 10.2 Å².